The summed E-state index contributed by atoms with van der Waals surface area (Å²) in [5, 5.41) is 13.4. The van der Waals surface area contributed by atoms with Gasteiger partial charge in [-0.05, 0) is 49.4 Å². The highest BCUT2D eigenvalue weighted by molar-refractivity contribution is 7.92. The normalized spacial score (nSPS) is 11.3. The van der Waals surface area contributed by atoms with E-state index in [4.69, 9.17) is 11.6 Å². The molecule has 0 atom stereocenters. The van der Waals surface area contributed by atoms with Crippen LogP contribution in [-0.2, 0) is 14.8 Å². The number of hydrazone groups is 1. The summed E-state index contributed by atoms with van der Waals surface area (Å²) in [5.41, 5.74) is 3.68. The highest BCUT2D eigenvalue weighted by atomic mass is 35.5. The molecule has 33 heavy (non-hydrogen) atoms. The molecule has 3 rings (SSSR count). The molecule has 10 heteroatoms. The van der Waals surface area contributed by atoms with E-state index in [-0.39, 0.29) is 21.7 Å². The van der Waals surface area contributed by atoms with Crippen LogP contribution in [0.25, 0.3) is 0 Å². The molecule has 8 nitrogen and oxygen atoms in total. The number of rotatable bonds is 8. The maximum absolute atomic E-state index is 13.3. The number of carbonyl (C=O) groups is 2. The zero-order valence-corrected chi connectivity index (χ0v) is 19.0. The standard InChI is InChI=1S/C23H20ClN3O5S/c1-16-6-12-20(13-7-16)33(31,32)27(19-10-8-18(24)9-11-19)15-22(28)26-25-14-17-4-2-3-5-21(17)23(29)30/h2-14H,15H2,1H3,(H,26,28)(H,29,30)/b25-14-. The summed E-state index contributed by atoms with van der Waals surface area (Å²) < 4.78 is 27.5. The second-order valence-corrected chi connectivity index (χ2v) is 9.29. The van der Waals surface area contributed by atoms with Gasteiger partial charge in [-0.2, -0.15) is 5.10 Å². The molecule has 0 heterocycles. The van der Waals surface area contributed by atoms with Crippen molar-refractivity contribution in [1.82, 2.24) is 5.43 Å². The monoisotopic (exact) mass is 485 g/mol. The smallest absolute Gasteiger partial charge is 0.336 e. The Balaban J connectivity index is 1.85. The summed E-state index contributed by atoms with van der Waals surface area (Å²) in [6.45, 7) is 1.27. The van der Waals surface area contributed by atoms with Crippen LogP contribution in [0.4, 0.5) is 5.69 Å². The van der Waals surface area contributed by atoms with Gasteiger partial charge in [0.25, 0.3) is 15.9 Å². The Morgan fingerprint density at radius 3 is 2.30 bits per heavy atom. The molecular weight excluding hydrogens is 466 g/mol. The largest absolute Gasteiger partial charge is 0.478 e. The van der Waals surface area contributed by atoms with Gasteiger partial charge in [0.05, 0.1) is 22.4 Å². The number of aryl methyl sites for hydroxylation is 1. The first-order chi connectivity index (χ1) is 15.7. The van der Waals surface area contributed by atoms with Gasteiger partial charge in [0, 0.05) is 10.6 Å². The van der Waals surface area contributed by atoms with Crippen LogP contribution in [0.5, 0.6) is 0 Å². The van der Waals surface area contributed by atoms with Gasteiger partial charge in [0.2, 0.25) is 0 Å². The van der Waals surface area contributed by atoms with E-state index < -0.39 is 28.4 Å². The maximum atomic E-state index is 13.3. The van der Waals surface area contributed by atoms with Crippen LogP contribution in [0.2, 0.25) is 5.02 Å². The van der Waals surface area contributed by atoms with E-state index in [1.807, 2.05) is 6.92 Å². The predicted molar refractivity (Wildman–Crippen MR) is 126 cm³/mol. The molecule has 0 spiro atoms. The number of carbonyl (C=O) groups excluding carboxylic acids is 1. The van der Waals surface area contributed by atoms with Crippen LogP contribution in [0.3, 0.4) is 0 Å². The number of halogens is 1. The van der Waals surface area contributed by atoms with Crippen LogP contribution in [-0.4, -0.2) is 38.2 Å². The predicted octanol–water partition coefficient (Wildman–Crippen LogP) is 3.69. The zero-order chi connectivity index (χ0) is 24.0. The van der Waals surface area contributed by atoms with E-state index in [2.05, 4.69) is 10.5 Å². The molecule has 0 aliphatic rings. The average Bonchev–Trinajstić information content (AvgIpc) is 2.78. The molecule has 0 aliphatic carbocycles. The van der Waals surface area contributed by atoms with Crippen LogP contribution < -0.4 is 9.73 Å². The topological polar surface area (TPSA) is 116 Å². The lowest BCUT2D eigenvalue weighted by molar-refractivity contribution is -0.119. The molecule has 170 valence electrons. The Kier molecular flexibility index (Phi) is 7.47. The van der Waals surface area contributed by atoms with Gasteiger partial charge < -0.3 is 5.11 Å². The third-order valence-corrected chi connectivity index (χ3v) is 6.63. The van der Waals surface area contributed by atoms with Crippen molar-refractivity contribution in [3.8, 4) is 0 Å². The van der Waals surface area contributed by atoms with E-state index in [9.17, 15) is 23.1 Å². The Labute approximate surface area is 196 Å². The fourth-order valence-corrected chi connectivity index (χ4v) is 4.45. The molecule has 0 bridgehead atoms. The van der Waals surface area contributed by atoms with E-state index in [1.165, 1.54) is 54.7 Å². The molecule has 0 saturated heterocycles. The van der Waals surface area contributed by atoms with Crippen LogP contribution in [0, 0.1) is 6.92 Å². The van der Waals surface area contributed by atoms with Gasteiger partial charge >= 0.3 is 5.97 Å². The van der Waals surface area contributed by atoms with Crippen LogP contribution >= 0.6 is 11.6 Å². The van der Waals surface area contributed by atoms with Crippen molar-refractivity contribution in [2.75, 3.05) is 10.8 Å². The Morgan fingerprint density at radius 2 is 1.67 bits per heavy atom. The van der Waals surface area contributed by atoms with E-state index in [1.54, 1.807) is 24.3 Å². The van der Waals surface area contributed by atoms with E-state index in [0.29, 0.717) is 5.02 Å². The number of aromatic carboxylic acids is 1. The molecule has 3 aromatic carbocycles. The lowest BCUT2D eigenvalue weighted by Gasteiger charge is -2.23. The van der Waals surface area contributed by atoms with Crippen molar-refractivity contribution >= 4 is 45.4 Å². The van der Waals surface area contributed by atoms with Crippen LogP contribution in [0.15, 0.2) is 82.8 Å². The first kappa shape index (κ1) is 24.0. The van der Waals surface area contributed by atoms with Crippen molar-refractivity contribution in [2.45, 2.75) is 11.8 Å². The number of benzene rings is 3. The SMILES string of the molecule is Cc1ccc(S(=O)(=O)N(CC(=O)N/N=C\c2ccccc2C(=O)O)c2ccc(Cl)cc2)cc1. The number of nitrogens with zero attached hydrogens (tertiary/aromatic N) is 2. The molecule has 0 fully saturated rings. The van der Waals surface area contributed by atoms with Gasteiger partial charge in [-0.15, -0.1) is 0 Å². The van der Waals surface area contributed by atoms with Crippen molar-refractivity contribution < 1.29 is 23.1 Å². The third-order valence-electron chi connectivity index (χ3n) is 4.59. The molecule has 0 aromatic heterocycles. The minimum atomic E-state index is -4.07. The molecule has 3 aromatic rings. The number of anilines is 1. The number of amides is 1. The molecule has 0 saturated carbocycles. The molecule has 2 N–H and O–H groups in total. The fraction of sp³-hybridized carbons (Fsp3) is 0.0870. The number of hydrogen-bond acceptors (Lipinski definition) is 5. The Bertz CT molecular complexity index is 1290. The number of hydrogen-bond donors (Lipinski definition) is 2. The fourth-order valence-electron chi connectivity index (χ4n) is 2.90. The van der Waals surface area contributed by atoms with E-state index >= 15 is 0 Å². The Hall–Kier alpha value is -3.69. The molecule has 0 unspecified atom stereocenters. The Morgan fingerprint density at radius 1 is 1.03 bits per heavy atom. The second-order valence-electron chi connectivity index (χ2n) is 6.99. The van der Waals surface area contributed by atoms with Crippen molar-refractivity contribution in [2.24, 2.45) is 5.10 Å². The lowest BCUT2D eigenvalue weighted by atomic mass is 10.1. The first-order valence-electron chi connectivity index (χ1n) is 9.67. The number of carboxylic acid groups (broad SMARTS) is 1. The van der Waals surface area contributed by atoms with Crippen molar-refractivity contribution in [3.05, 3.63) is 94.5 Å². The number of nitrogens with one attached hydrogen (secondary N) is 1. The summed E-state index contributed by atoms with van der Waals surface area (Å²) in [5.74, 6) is -1.86. The number of carboxylic acids is 1. The zero-order valence-electron chi connectivity index (χ0n) is 17.5. The summed E-state index contributed by atoms with van der Waals surface area (Å²) >= 11 is 5.92. The highest BCUT2D eigenvalue weighted by Crippen LogP contribution is 2.25. The molecule has 0 aliphatic heterocycles. The molecular formula is C23H20ClN3O5S. The van der Waals surface area contributed by atoms with Gasteiger partial charge in [-0.25, -0.2) is 18.6 Å². The van der Waals surface area contributed by atoms with Gasteiger partial charge in [0.15, 0.2) is 0 Å². The van der Waals surface area contributed by atoms with Gasteiger partial charge in [-0.3, -0.25) is 9.10 Å². The van der Waals surface area contributed by atoms with Gasteiger partial charge in [-0.1, -0.05) is 47.5 Å². The summed E-state index contributed by atoms with van der Waals surface area (Å²) in [6, 6.07) is 18.4. The quantitative estimate of drug-likeness (QED) is 0.373. The molecule has 0 radical (unpaired) electrons. The number of sulfonamides is 1. The first-order valence-corrected chi connectivity index (χ1v) is 11.5. The highest BCUT2D eigenvalue weighted by Gasteiger charge is 2.27. The average molecular weight is 486 g/mol. The summed E-state index contributed by atoms with van der Waals surface area (Å²) in [7, 11) is -4.07. The minimum absolute atomic E-state index is 0.0141. The molecule has 1 amide bonds. The lowest BCUT2D eigenvalue weighted by Crippen LogP contribution is -2.39. The summed E-state index contributed by atoms with van der Waals surface area (Å²) in [4.78, 5) is 23.9. The summed E-state index contributed by atoms with van der Waals surface area (Å²) in [6.07, 6.45) is 1.18. The second kappa shape index (κ2) is 10.3. The van der Waals surface area contributed by atoms with Crippen molar-refractivity contribution in [3.63, 3.8) is 0 Å². The third kappa shape index (κ3) is 5.97. The van der Waals surface area contributed by atoms with Gasteiger partial charge in [0.1, 0.15) is 6.54 Å². The van der Waals surface area contributed by atoms with Crippen LogP contribution in [0.1, 0.15) is 21.5 Å². The maximum Gasteiger partial charge on any atom is 0.336 e. The van der Waals surface area contributed by atoms with Crippen molar-refractivity contribution in [1.29, 1.82) is 0 Å². The van der Waals surface area contributed by atoms with E-state index in [0.717, 1.165) is 9.87 Å². The minimum Gasteiger partial charge on any atom is -0.478 e.